The molecule has 1 aromatic heterocycles. The average molecular weight is 425 g/mol. The second-order valence-electron chi connectivity index (χ2n) is 7.87. The number of amides is 1. The molecule has 0 saturated heterocycles. The SMILES string of the molecule is CC(C)(NCCCc1nc(CCNC(=O)c2ccccc2)c[nH]1)c1ccc(Cl)cc1. The number of hydrogen-bond acceptors (Lipinski definition) is 3. The first-order valence-electron chi connectivity index (χ1n) is 10.3. The van der Waals surface area contributed by atoms with Crippen LogP contribution < -0.4 is 10.6 Å². The largest absolute Gasteiger partial charge is 0.352 e. The Hall–Kier alpha value is -2.63. The molecule has 0 saturated carbocycles. The molecule has 0 unspecified atom stereocenters. The third-order valence-electron chi connectivity index (χ3n) is 5.11. The van der Waals surface area contributed by atoms with Crippen LogP contribution in [0.15, 0.2) is 60.8 Å². The molecule has 0 radical (unpaired) electrons. The zero-order valence-corrected chi connectivity index (χ0v) is 18.3. The van der Waals surface area contributed by atoms with Crippen LogP contribution in [0.5, 0.6) is 0 Å². The van der Waals surface area contributed by atoms with Crippen LogP contribution in [-0.2, 0) is 18.4 Å². The van der Waals surface area contributed by atoms with E-state index in [1.54, 1.807) is 0 Å². The van der Waals surface area contributed by atoms with E-state index in [0.717, 1.165) is 35.9 Å². The minimum atomic E-state index is -0.115. The van der Waals surface area contributed by atoms with Gasteiger partial charge < -0.3 is 15.6 Å². The molecule has 0 aliphatic rings. The molecule has 0 atom stereocenters. The van der Waals surface area contributed by atoms with E-state index in [9.17, 15) is 4.79 Å². The fourth-order valence-corrected chi connectivity index (χ4v) is 3.41. The Labute approximate surface area is 183 Å². The molecule has 0 fully saturated rings. The smallest absolute Gasteiger partial charge is 0.251 e. The van der Waals surface area contributed by atoms with Crippen LogP contribution in [0, 0.1) is 0 Å². The number of aryl methyl sites for hydroxylation is 1. The summed E-state index contributed by atoms with van der Waals surface area (Å²) in [5.74, 6) is 0.922. The highest BCUT2D eigenvalue weighted by Gasteiger charge is 2.19. The van der Waals surface area contributed by atoms with Gasteiger partial charge in [0, 0.05) is 41.7 Å². The Morgan fingerprint density at radius 2 is 1.77 bits per heavy atom. The van der Waals surface area contributed by atoms with Gasteiger partial charge in [-0.1, -0.05) is 41.9 Å². The second-order valence-corrected chi connectivity index (χ2v) is 8.31. The van der Waals surface area contributed by atoms with Gasteiger partial charge in [0.2, 0.25) is 0 Å². The van der Waals surface area contributed by atoms with Gasteiger partial charge in [0.15, 0.2) is 0 Å². The van der Waals surface area contributed by atoms with Gasteiger partial charge in [-0.15, -0.1) is 0 Å². The Balaban J connectivity index is 1.37. The lowest BCUT2D eigenvalue weighted by Crippen LogP contribution is -2.37. The number of nitrogens with zero attached hydrogens (tertiary/aromatic N) is 1. The summed E-state index contributed by atoms with van der Waals surface area (Å²) < 4.78 is 0. The predicted octanol–water partition coefficient (Wildman–Crippen LogP) is 4.49. The molecule has 3 aromatic rings. The quantitative estimate of drug-likeness (QED) is 0.420. The van der Waals surface area contributed by atoms with Gasteiger partial charge in [0.25, 0.3) is 5.91 Å². The summed E-state index contributed by atoms with van der Waals surface area (Å²) in [6, 6.07) is 17.2. The van der Waals surface area contributed by atoms with Gasteiger partial charge in [-0.2, -0.15) is 0 Å². The molecular weight excluding hydrogens is 396 g/mol. The van der Waals surface area contributed by atoms with Gasteiger partial charge >= 0.3 is 0 Å². The van der Waals surface area contributed by atoms with E-state index in [-0.39, 0.29) is 11.4 Å². The average Bonchev–Trinajstić information content (AvgIpc) is 3.20. The third kappa shape index (κ3) is 6.44. The minimum Gasteiger partial charge on any atom is -0.352 e. The van der Waals surface area contributed by atoms with Gasteiger partial charge in [-0.3, -0.25) is 4.79 Å². The lowest BCUT2D eigenvalue weighted by Gasteiger charge is -2.27. The summed E-state index contributed by atoms with van der Waals surface area (Å²) in [4.78, 5) is 19.9. The van der Waals surface area contributed by atoms with Crippen LogP contribution in [0.3, 0.4) is 0 Å². The van der Waals surface area contributed by atoms with Crippen molar-refractivity contribution in [3.05, 3.63) is 88.5 Å². The first kappa shape index (κ1) is 22.1. The third-order valence-corrected chi connectivity index (χ3v) is 5.36. The summed E-state index contributed by atoms with van der Waals surface area (Å²) >= 11 is 5.98. The van der Waals surface area contributed by atoms with Crippen molar-refractivity contribution in [2.24, 2.45) is 0 Å². The van der Waals surface area contributed by atoms with Crippen molar-refractivity contribution in [1.82, 2.24) is 20.6 Å². The van der Waals surface area contributed by atoms with E-state index in [4.69, 9.17) is 11.6 Å². The zero-order valence-electron chi connectivity index (χ0n) is 17.5. The fraction of sp³-hybridized carbons (Fsp3) is 0.333. The van der Waals surface area contributed by atoms with Crippen LogP contribution in [-0.4, -0.2) is 29.0 Å². The zero-order chi connectivity index (χ0) is 21.4. The number of H-pyrrole nitrogens is 1. The standard InChI is InChI=1S/C24H29ClN4O/c1-24(2,19-10-12-20(25)13-11-19)28-15-6-9-22-27-17-21(29-22)14-16-26-23(30)18-7-4-3-5-8-18/h3-5,7-8,10-13,17,28H,6,9,14-16H2,1-2H3,(H,26,30)(H,27,29). The Morgan fingerprint density at radius 3 is 2.50 bits per heavy atom. The van der Waals surface area contributed by atoms with E-state index in [2.05, 4.69) is 46.6 Å². The Kier molecular flexibility index (Phi) is 7.66. The summed E-state index contributed by atoms with van der Waals surface area (Å²) in [5, 5.41) is 7.29. The molecule has 1 amide bonds. The van der Waals surface area contributed by atoms with Crippen molar-refractivity contribution < 1.29 is 4.79 Å². The number of benzene rings is 2. The maximum absolute atomic E-state index is 12.1. The van der Waals surface area contributed by atoms with Crippen LogP contribution in [0.2, 0.25) is 5.02 Å². The van der Waals surface area contributed by atoms with Crippen LogP contribution >= 0.6 is 11.6 Å². The first-order chi connectivity index (χ1) is 14.4. The van der Waals surface area contributed by atoms with Crippen molar-refractivity contribution in [2.45, 2.75) is 38.6 Å². The van der Waals surface area contributed by atoms with Gasteiger partial charge in [-0.05, 0) is 56.6 Å². The summed E-state index contributed by atoms with van der Waals surface area (Å²) in [6.07, 6.45) is 4.49. The lowest BCUT2D eigenvalue weighted by molar-refractivity contribution is 0.0954. The van der Waals surface area contributed by atoms with Gasteiger partial charge in [0.1, 0.15) is 5.82 Å². The molecular formula is C24H29ClN4O. The molecule has 30 heavy (non-hydrogen) atoms. The minimum absolute atomic E-state index is 0.0549. The normalized spacial score (nSPS) is 11.4. The molecule has 2 aromatic carbocycles. The van der Waals surface area contributed by atoms with Gasteiger partial charge in [0.05, 0.1) is 5.69 Å². The number of carbonyl (C=O) groups is 1. The van der Waals surface area contributed by atoms with E-state index in [0.29, 0.717) is 18.5 Å². The highest BCUT2D eigenvalue weighted by molar-refractivity contribution is 6.30. The monoisotopic (exact) mass is 424 g/mol. The van der Waals surface area contributed by atoms with Crippen LogP contribution in [0.1, 0.15) is 47.7 Å². The molecule has 0 spiro atoms. The molecule has 1 heterocycles. The number of aromatic amines is 1. The topological polar surface area (TPSA) is 69.8 Å². The fourth-order valence-electron chi connectivity index (χ4n) is 3.28. The van der Waals surface area contributed by atoms with Crippen molar-refractivity contribution >= 4 is 17.5 Å². The van der Waals surface area contributed by atoms with Crippen LogP contribution in [0.4, 0.5) is 0 Å². The maximum atomic E-state index is 12.1. The number of halogens is 1. The number of nitrogens with one attached hydrogen (secondary N) is 3. The summed E-state index contributed by atoms with van der Waals surface area (Å²) in [5.41, 5.74) is 2.74. The highest BCUT2D eigenvalue weighted by Crippen LogP contribution is 2.21. The lowest BCUT2D eigenvalue weighted by atomic mass is 9.94. The van der Waals surface area contributed by atoms with Gasteiger partial charge in [-0.25, -0.2) is 4.98 Å². The van der Waals surface area contributed by atoms with Crippen LogP contribution in [0.25, 0.3) is 0 Å². The van der Waals surface area contributed by atoms with Crippen molar-refractivity contribution in [3.63, 3.8) is 0 Å². The van der Waals surface area contributed by atoms with E-state index < -0.39 is 0 Å². The maximum Gasteiger partial charge on any atom is 0.251 e. The molecule has 0 aliphatic heterocycles. The first-order valence-corrected chi connectivity index (χ1v) is 10.7. The Morgan fingerprint density at radius 1 is 1.03 bits per heavy atom. The van der Waals surface area contributed by atoms with Crippen molar-refractivity contribution in [3.8, 4) is 0 Å². The van der Waals surface area contributed by atoms with Crippen molar-refractivity contribution in [1.29, 1.82) is 0 Å². The number of aromatic nitrogens is 2. The number of hydrogen-bond donors (Lipinski definition) is 3. The van der Waals surface area contributed by atoms with E-state index >= 15 is 0 Å². The van der Waals surface area contributed by atoms with Crippen molar-refractivity contribution in [2.75, 3.05) is 13.1 Å². The molecule has 3 N–H and O–H groups in total. The number of carbonyl (C=O) groups excluding carboxylic acids is 1. The molecule has 6 heteroatoms. The molecule has 158 valence electrons. The van der Waals surface area contributed by atoms with E-state index in [1.165, 1.54) is 5.56 Å². The molecule has 5 nitrogen and oxygen atoms in total. The second kappa shape index (κ2) is 10.4. The highest BCUT2D eigenvalue weighted by atomic mass is 35.5. The molecule has 0 bridgehead atoms. The van der Waals surface area contributed by atoms with E-state index in [1.807, 2.05) is 48.7 Å². The Bertz CT molecular complexity index is 935. The number of imidazole rings is 1. The summed E-state index contributed by atoms with van der Waals surface area (Å²) in [6.45, 7) is 5.80. The number of rotatable bonds is 10. The predicted molar refractivity (Wildman–Crippen MR) is 122 cm³/mol. The molecule has 3 rings (SSSR count). The summed E-state index contributed by atoms with van der Waals surface area (Å²) in [7, 11) is 0. The molecule has 0 aliphatic carbocycles.